The molecule has 4 aliphatic heterocycles. The predicted octanol–water partition coefficient (Wildman–Crippen LogP) is 5.30. The Balaban J connectivity index is 1.33. The molecule has 4 unspecified atom stereocenters. The van der Waals surface area contributed by atoms with Crippen molar-refractivity contribution in [3.63, 3.8) is 0 Å². The van der Waals surface area contributed by atoms with Crippen LogP contribution in [0, 0.1) is 12.7 Å². The van der Waals surface area contributed by atoms with Crippen molar-refractivity contribution in [1.29, 1.82) is 0 Å². The van der Waals surface area contributed by atoms with Crippen molar-refractivity contribution in [3.8, 4) is 16.5 Å². The molecule has 3 N–H and O–H groups in total. The van der Waals surface area contributed by atoms with Gasteiger partial charge in [0.25, 0.3) is 0 Å². The average Bonchev–Trinajstić information content (AvgIpc) is 3.65. The molecule has 41 heavy (non-hydrogen) atoms. The number of ether oxygens (including phenoxy) is 1. The Kier molecular flexibility index (Phi) is 6.36. The molecule has 0 spiro atoms. The smallest absolute Gasteiger partial charge is 0.417 e. The van der Waals surface area contributed by atoms with Crippen molar-refractivity contribution in [3.05, 3.63) is 29.1 Å². The van der Waals surface area contributed by atoms with Crippen LogP contribution in [0.2, 0.25) is 0 Å². The van der Waals surface area contributed by atoms with E-state index in [4.69, 9.17) is 15.5 Å². The zero-order valence-corrected chi connectivity index (χ0v) is 23.3. The zero-order chi connectivity index (χ0) is 28.7. The Labute approximate surface area is 237 Å². The molecule has 4 atom stereocenters. The molecule has 0 amide bonds. The average molecular weight is 595 g/mol. The van der Waals surface area contributed by atoms with Gasteiger partial charge in [0.05, 0.1) is 27.0 Å². The van der Waals surface area contributed by atoms with Crippen molar-refractivity contribution in [2.75, 3.05) is 43.4 Å². The Morgan fingerprint density at radius 2 is 1.93 bits per heavy atom. The van der Waals surface area contributed by atoms with E-state index in [1.165, 1.54) is 13.0 Å². The molecule has 4 fully saturated rings. The number of rotatable bonds is 5. The summed E-state index contributed by atoms with van der Waals surface area (Å²) in [5.41, 5.74) is 3.63. The van der Waals surface area contributed by atoms with E-state index < -0.39 is 34.8 Å². The first-order valence-corrected chi connectivity index (χ1v) is 14.8. The number of hydrogen-bond donors (Lipinski definition) is 2. The molecule has 13 heteroatoms. The monoisotopic (exact) mass is 594 g/mol. The number of fused-ring (bicyclic) bond motifs is 4. The van der Waals surface area contributed by atoms with Crippen LogP contribution in [0.3, 0.4) is 0 Å². The van der Waals surface area contributed by atoms with Crippen LogP contribution in [0.25, 0.3) is 20.7 Å². The fourth-order valence-corrected chi connectivity index (χ4v) is 8.49. The van der Waals surface area contributed by atoms with Crippen LogP contribution >= 0.6 is 11.3 Å². The highest BCUT2D eigenvalue weighted by Crippen LogP contribution is 2.47. The summed E-state index contributed by atoms with van der Waals surface area (Å²) in [6.07, 6.45) is -1.47. The second-order valence-corrected chi connectivity index (χ2v) is 13.0. The highest BCUT2D eigenvalue weighted by atomic mass is 32.1. The number of aromatic nitrogens is 2. The Morgan fingerprint density at radius 1 is 1.17 bits per heavy atom. The fraction of sp³-hybridized carbons (Fsp3) is 0.571. The molecule has 1 aromatic carbocycles. The van der Waals surface area contributed by atoms with Crippen LogP contribution in [0.1, 0.15) is 43.2 Å². The van der Waals surface area contributed by atoms with E-state index in [0.29, 0.717) is 42.1 Å². The van der Waals surface area contributed by atoms with E-state index >= 15 is 4.39 Å². The molecule has 6 heterocycles. The zero-order valence-electron chi connectivity index (χ0n) is 22.5. The number of nitrogen functional groups attached to an aromatic ring is 1. The Bertz CT molecular complexity index is 1500. The molecule has 0 radical (unpaired) electrons. The minimum atomic E-state index is -4.79. The Hall–Kier alpha value is -2.77. The maximum Gasteiger partial charge on any atom is 0.417 e. The van der Waals surface area contributed by atoms with Crippen LogP contribution in [-0.2, 0) is 6.18 Å². The first-order valence-electron chi connectivity index (χ1n) is 14.0. The van der Waals surface area contributed by atoms with Crippen LogP contribution in [0.5, 0.6) is 6.01 Å². The first-order chi connectivity index (χ1) is 19.5. The first kappa shape index (κ1) is 27.1. The number of nitrogens with one attached hydrogen (secondary N) is 1. The van der Waals surface area contributed by atoms with Gasteiger partial charge in [-0.1, -0.05) is 0 Å². The van der Waals surface area contributed by atoms with Gasteiger partial charge in [0.1, 0.15) is 12.8 Å². The number of halogens is 5. The number of benzene rings is 1. The molecule has 2 aromatic heterocycles. The van der Waals surface area contributed by atoms with Gasteiger partial charge in [0, 0.05) is 48.6 Å². The van der Waals surface area contributed by atoms with Crippen molar-refractivity contribution in [1.82, 2.24) is 20.2 Å². The highest BCUT2D eigenvalue weighted by molar-refractivity contribution is 7.22. The maximum absolute atomic E-state index is 15.3. The molecule has 2 bridgehead atoms. The van der Waals surface area contributed by atoms with Gasteiger partial charge in [0.15, 0.2) is 11.6 Å². The second-order valence-electron chi connectivity index (χ2n) is 11.9. The van der Waals surface area contributed by atoms with E-state index in [2.05, 4.69) is 20.1 Å². The number of thiophene rings is 1. The van der Waals surface area contributed by atoms with E-state index in [9.17, 15) is 17.6 Å². The van der Waals surface area contributed by atoms with Crippen LogP contribution in [0.4, 0.5) is 33.5 Å². The van der Waals surface area contributed by atoms with Crippen molar-refractivity contribution < 1.29 is 26.7 Å². The SMILES string of the molecule is Cc1cc(N)c(F)c(-c2cc3nc(OCC45CCCN4CC(F)C5)nc(N4CC5CCC(C4)N5)c3s2)c1C(F)(F)F. The molecule has 3 aromatic rings. The summed E-state index contributed by atoms with van der Waals surface area (Å²) in [4.78, 5) is 13.7. The summed E-state index contributed by atoms with van der Waals surface area (Å²) in [6, 6.07) is 3.12. The second kappa shape index (κ2) is 9.63. The van der Waals surface area contributed by atoms with E-state index in [1.54, 1.807) is 0 Å². The number of alkyl halides is 4. The number of anilines is 2. The molecule has 4 aliphatic rings. The number of hydrogen-bond acceptors (Lipinski definition) is 8. The van der Waals surface area contributed by atoms with E-state index in [0.717, 1.165) is 49.6 Å². The lowest BCUT2D eigenvalue weighted by Gasteiger charge is -2.34. The van der Waals surface area contributed by atoms with E-state index in [-0.39, 0.29) is 40.8 Å². The van der Waals surface area contributed by atoms with E-state index in [1.807, 2.05) is 0 Å². The van der Waals surface area contributed by atoms with Crippen LogP contribution in [-0.4, -0.2) is 71.4 Å². The number of nitrogens with two attached hydrogens (primary N) is 1. The van der Waals surface area contributed by atoms with Gasteiger partial charge in [0.2, 0.25) is 0 Å². The minimum Gasteiger partial charge on any atom is -0.461 e. The molecule has 0 aliphatic carbocycles. The highest BCUT2D eigenvalue weighted by Gasteiger charge is 2.49. The lowest BCUT2D eigenvalue weighted by Crippen LogP contribution is -2.51. The third-order valence-corrected chi connectivity index (χ3v) is 10.2. The van der Waals surface area contributed by atoms with Crippen LogP contribution in [0.15, 0.2) is 12.1 Å². The van der Waals surface area contributed by atoms with Gasteiger partial charge < -0.3 is 20.7 Å². The lowest BCUT2D eigenvalue weighted by atomic mass is 9.95. The molecule has 7 rings (SSSR count). The van der Waals surface area contributed by atoms with Crippen molar-refractivity contribution >= 4 is 33.1 Å². The minimum absolute atomic E-state index is 0.0719. The fourth-order valence-electron chi connectivity index (χ4n) is 7.33. The normalized spacial score (nSPS) is 28.1. The van der Waals surface area contributed by atoms with Crippen molar-refractivity contribution in [2.24, 2.45) is 0 Å². The summed E-state index contributed by atoms with van der Waals surface area (Å²) in [7, 11) is 0. The number of aryl methyl sites for hydroxylation is 1. The largest absolute Gasteiger partial charge is 0.461 e. The summed E-state index contributed by atoms with van der Waals surface area (Å²) in [5, 5.41) is 3.58. The topological polar surface area (TPSA) is 79.5 Å². The van der Waals surface area contributed by atoms with Gasteiger partial charge in [-0.2, -0.15) is 23.1 Å². The van der Waals surface area contributed by atoms with Gasteiger partial charge >= 0.3 is 12.2 Å². The standard InChI is InChI=1S/C28H31F5N6OS/c1-14-7-18(34)23(30)21(22(14)28(31,32)33)20-8-19-24(41-20)25(38-11-16-3-4-17(12-38)35-16)37-26(36-19)40-13-27-5-2-6-39(27)10-15(29)9-27/h7-8,15-17,35H,2-6,9-13,34H2,1H3. The maximum atomic E-state index is 15.3. The van der Waals surface area contributed by atoms with Gasteiger partial charge in [-0.3, -0.25) is 4.90 Å². The molecule has 7 nitrogen and oxygen atoms in total. The number of piperazine rings is 1. The lowest BCUT2D eigenvalue weighted by molar-refractivity contribution is -0.137. The summed E-state index contributed by atoms with van der Waals surface area (Å²) in [6.45, 7) is 4.06. The summed E-state index contributed by atoms with van der Waals surface area (Å²) in [5.74, 6) is -0.548. The van der Waals surface area contributed by atoms with Crippen molar-refractivity contribution in [2.45, 2.75) is 69.0 Å². The third kappa shape index (κ3) is 4.60. The summed E-state index contributed by atoms with van der Waals surface area (Å²) < 4.78 is 78.9. The molecule has 0 saturated carbocycles. The quantitative estimate of drug-likeness (QED) is 0.307. The molecular formula is C28H31F5N6OS. The van der Waals surface area contributed by atoms with Gasteiger partial charge in [-0.05, 0) is 56.8 Å². The molecular weight excluding hydrogens is 563 g/mol. The molecule has 220 valence electrons. The third-order valence-electron chi connectivity index (χ3n) is 9.10. The number of nitrogens with zero attached hydrogens (tertiary/aromatic N) is 4. The molecule has 4 saturated heterocycles. The Morgan fingerprint density at radius 3 is 2.66 bits per heavy atom. The predicted molar refractivity (Wildman–Crippen MR) is 148 cm³/mol. The summed E-state index contributed by atoms with van der Waals surface area (Å²) >= 11 is 1.03. The van der Waals surface area contributed by atoms with Gasteiger partial charge in [-0.25, -0.2) is 8.78 Å². The van der Waals surface area contributed by atoms with Crippen LogP contribution < -0.4 is 20.7 Å². The van der Waals surface area contributed by atoms with Gasteiger partial charge in [-0.15, -0.1) is 11.3 Å².